The predicted molar refractivity (Wildman–Crippen MR) is 71.8 cm³/mol. The van der Waals surface area contributed by atoms with Crippen LogP contribution in [0.5, 0.6) is 0 Å². The topological polar surface area (TPSA) is 60.6 Å². The number of anilines is 1. The summed E-state index contributed by atoms with van der Waals surface area (Å²) in [6.45, 7) is 3.73. The van der Waals surface area contributed by atoms with E-state index in [2.05, 4.69) is 20.4 Å². The number of thiazole rings is 1. The summed E-state index contributed by atoms with van der Waals surface area (Å²) < 4.78 is 5.01. The first-order valence-electron chi connectivity index (χ1n) is 5.74. The molecule has 7 heteroatoms. The van der Waals surface area contributed by atoms with Crippen molar-refractivity contribution in [3.05, 3.63) is 24.4 Å². The Kier molecular flexibility index (Phi) is 2.75. The number of hydrogen-bond acceptors (Lipinski definition) is 5. The van der Waals surface area contributed by atoms with Crippen molar-refractivity contribution in [2.75, 3.05) is 11.9 Å². The fourth-order valence-electron chi connectivity index (χ4n) is 1.87. The zero-order valence-corrected chi connectivity index (χ0v) is 11.1. The van der Waals surface area contributed by atoms with Gasteiger partial charge in [-0.25, -0.2) is 14.6 Å². The molecule has 0 saturated carbocycles. The van der Waals surface area contributed by atoms with Crippen LogP contribution in [-0.4, -0.2) is 30.9 Å². The fraction of sp³-hybridized carbons (Fsp3) is 0.364. The molecule has 0 radical (unpaired) electrons. The number of imidazole rings is 1. The molecule has 94 valence electrons. The van der Waals surface area contributed by atoms with Crippen LogP contribution in [0.2, 0.25) is 0 Å². The maximum atomic E-state index is 4.53. The zero-order valence-electron chi connectivity index (χ0n) is 10.3. The van der Waals surface area contributed by atoms with Gasteiger partial charge in [-0.3, -0.25) is 0 Å². The summed E-state index contributed by atoms with van der Waals surface area (Å²) in [6.07, 6.45) is 5.55. The number of aromatic nitrogens is 5. The quantitative estimate of drug-likeness (QED) is 0.776. The summed E-state index contributed by atoms with van der Waals surface area (Å²) >= 11 is 1.65. The SMILES string of the molecule is Cc1nn(C)c2nc(NCCn3ccnc3)sc12. The molecule has 18 heavy (non-hydrogen) atoms. The van der Waals surface area contributed by atoms with E-state index in [1.165, 1.54) is 0 Å². The van der Waals surface area contributed by atoms with Gasteiger partial charge in [-0.15, -0.1) is 0 Å². The minimum absolute atomic E-state index is 0.836. The largest absolute Gasteiger partial charge is 0.360 e. The van der Waals surface area contributed by atoms with Crippen molar-refractivity contribution < 1.29 is 0 Å². The van der Waals surface area contributed by atoms with Gasteiger partial charge in [0, 0.05) is 32.5 Å². The van der Waals surface area contributed by atoms with Gasteiger partial charge >= 0.3 is 0 Å². The van der Waals surface area contributed by atoms with Crippen LogP contribution in [0, 0.1) is 6.92 Å². The van der Waals surface area contributed by atoms with Crippen LogP contribution >= 0.6 is 11.3 Å². The fourth-order valence-corrected chi connectivity index (χ4v) is 2.83. The Bertz CT molecular complexity index is 616. The van der Waals surface area contributed by atoms with Crippen molar-refractivity contribution >= 4 is 26.8 Å². The van der Waals surface area contributed by atoms with E-state index in [1.807, 2.05) is 35.7 Å². The molecule has 1 N–H and O–H groups in total. The molecule has 6 nitrogen and oxygen atoms in total. The average molecular weight is 262 g/mol. The first kappa shape index (κ1) is 11.2. The van der Waals surface area contributed by atoms with Crippen LogP contribution in [-0.2, 0) is 13.6 Å². The summed E-state index contributed by atoms with van der Waals surface area (Å²) in [5.74, 6) is 0. The summed E-state index contributed by atoms with van der Waals surface area (Å²) in [6, 6.07) is 0. The van der Waals surface area contributed by atoms with Gasteiger partial charge < -0.3 is 9.88 Å². The Morgan fingerprint density at radius 2 is 2.33 bits per heavy atom. The number of rotatable bonds is 4. The maximum absolute atomic E-state index is 4.53. The van der Waals surface area contributed by atoms with Gasteiger partial charge in [-0.1, -0.05) is 11.3 Å². The lowest BCUT2D eigenvalue weighted by atomic mass is 10.5. The van der Waals surface area contributed by atoms with E-state index in [4.69, 9.17) is 0 Å². The van der Waals surface area contributed by atoms with Crippen molar-refractivity contribution in [1.82, 2.24) is 24.3 Å². The first-order chi connectivity index (χ1) is 8.74. The second-order valence-corrected chi connectivity index (χ2v) is 5.11. The van der Waals surface area contributed by atoms with E-state index in [9.17, 15) is 0 Å². The van der Waals surface area contributed by atoms with Crippen LogP contribution in [0.4, 0.5) is 5.13 Å². The van der Waals surface area contributed by atoms with Crippen molar-refractivity contribution in [3.8, 4) is 0 Å². The molecule has 0 aliphatic heterocycles. The van der Waals surface area contributed by atoms with Gasteiger partial charge in [0.05, 0.1) is 16.7 Å². The lowest BCUT2D eigenvalue weighted by Crippen LogP contribution is -2.08. The smallest absolute Gasteiger partial charge is 0.185 e. The third-order valence-corrected chi connectivity index (χ3v) is 3.86. The lowest BCUT2D eigenvalue weighted by Gasteiger charge is -2.02. The summed E-state index contributed by atoms with van der Waals surface area (Å²) in [7, 11) is 1.92. The van der Waals surface area contributed by atoms with E-state index < -0.39 is 0 Å². The molecule has 0 fully saturated rings. The van der Waals surface area contributed by atoms with Crippen molar-refractivity contribution in [1.29, 1.82) is 0 Å². The molecular weight excluding hydrogens is 248 g/mol. The van der Waals surface area contributed by atoms with Gasteiger partial charge in [0.2, 0.25) is 0 Å². The van der Waals surface area contributed by atoms with Crippen LogP contribution in [0.3, 0.4) is 0 Å². The minimum atomic E-state index is 0.836. The minimum Gasteiger partial charge on any atom is -0.360 e. The molecule has 0 saturated heterocycles. The normalized spacial score (nSPS) is 11.2. The second kappa shape index (κ2) is 4.41. The first-order valence-corrected chi connectivity index (χ1v) is 6.55. The average Bonchev–Trinajstić information content (AvgIpc) is 3.01. The molecule has 0 spiro atoms. The van der Waals surface area contributed by atoms with Crippen molar-refractivity contribution in [3.63, 3.8) is 0 Å². The molecule has 3 aromatic heterocycles. The Hall–Kier alpha value is -1.89. The van der Waals surface area contributed by atoms with Gasteiger partial charge in [0.1, 0.15) is 0 Å². The number of fused-ring (bicyclic) bond motifs is 1. The molecule has 0 atom stereocenters. The van der Waals surface area contributed by atoms with E-state index in [0.717, 1.165) is 34.3 Å². The molecule has 0 amide bonds. The van der Waals surface area contributed by atoms with Crippen LogP contribution < -0.4 is 5.32 Å². The highest BCUT2D eigenvalue weighted by atomic mass is 32.1. The Labute approximate surface area is 108 Å². The number of nitrogens with one attached hydrogen (secondary N) is 1. The van der Waals surface area contributed by atoms with E-state index in [1.54, 1.807) is 17.5 Å². The highest BCUT2D eigenvalue weighted by Gasteiger charge is 2.10. The van der Waals surface area contributed by atoms with Gasteiger partial charge in [0.25, 0.3) is 0 Å². The molecule has 3 heterocycles. The van der Waals surface area contributed by atoms with Gasteiger partial charge in [0.15, 0.2) is 10.8 Å². The standard InChI is InChI=1S/C11H14N6S/c1-8-9-10(16(2)15-8)14-11(18-9)13-4-6-17-5-3-12-7-17/h3,5,7H,4,6H2,1-2H3,(H,13,14). The molecule has 0 aromatic carbocycles. The van der Waals surface area contributed by atoms with E-state index >= 15 is 0 Å². The predicted octanol–water partition coefficient (Wildman–Crippen LogP) is 1.65. The molecular formula is C11H14N6S. The number of hydrogen-bond donors (Lipinski definition) is 1. The van der Waals surface area contributed by atoms with Crippen molar-refractivity contribution in [2.45, 2.75) is 13.5 Å². The Morgan fingerprint density at radius 3 is 3.06 bits per heavy atom. The lowest BCUT2D eigenvalue weighted by molar-refractivity contribution is 0.726. The summed E-state index contributed by atoms with van der Waals surface area (Å²) in [5.41, 5.74) is 1.98. The highest BCUT2D eigenvalue weighted by Crippen LogP contribution is 2.27. The molecule has 0 aliphatic carbocycles. The second-order valence-electron chi connectivity index (χ2n) is 4.11. The molecule has 0 bridgehead atoms. The van der Waals surface area contributed by atoms with Gasteiger partial charge in [-0.05, 0) is 6.92 Å². The third kappa shape index (κ3) is 1.97. The monoisotopic (exact) mass is 262 g/mol. The van der Waals surface area contributed by atoms with E-state index in [0.29, 0.717) is 0 Å². The Balaban J connectivity index is 1.69. The highest BCUT2D eigenvalue weighted by molar-refractivity contribution is 7.22. The molecule has 0 unspecified atom stereocenters. The number of nitrogens with zero attached hydrogens (tertiary/aromatic N) is 5. The molecule has 0 aliphatic rings. The number of aryl methyl sites for hydroxylation is 2. The zero-order chi connectivity index (χ0) is 12.5. The molecule has 3 rings (SSSR count). The third-order valence-electron chi connectivity index (χ3n) is 2.75. The Morgan fingerprint density at radius 1 is 1.44 bits per heavy atom. The molecule has 3 aromatic rings. The van der Waals surface area contributed by atoms with Gasteiger partial charge in [-0.2, -0.15) is 5.10 Å². The summed E-state index contributed by atoms with van der Waals surface area (Å²) in [5, 5.41) is 8.61. The van der Waals surface area contributed by atoms with Crippen molar-refractivity contribution in [2.24, 2.45) is 7.05 Å². The van der Waals surface area contributed by atoms with Crippen LogP contribution in [0.1, 0.15) is 5.69 Å². The summed E-state index contributed by atoms with van der Waals surface area (Å²) in [4.78, 5) is 8.54. The van der Waals surface area contributed by atoms with Crippen LogP contribution in [0.15, 0.2) is 18.7 Å². The maximum Gasteiger partial charge on any atom is 0.185 e. The van der Waals surface area contributed by atoms with E-state index in [-0.39, 0.29) is 0 Å². The van der Waals surface area contributed by atoms with Crippen LogP contribution in [0.25, 0.3) is 10.3 Å².